The highest BCUT2D eigenvalue weighted by Gasteiger charge is 2.32. The van der Waals surface area contributed by atoms with Crippen molar-refractivity contribution in [1.29, 1.82) is 0 Å². The Bertz CT molecular complexity index is 2090. The molecule has 0 bridgehead atoms. The van der Waals surface area contributed by atoms with Crippen LogP contribution in [0.25, 0.3) is 21.9 Å². The van der Waals surface area contributed by atoms with Gasteiger partial charge in [-0.2, -0.15) is 0 Å². The number of nitro benzene ring substituents is 1. The Morgan fingerprint density at radius 1 is 0.705 bits per heavy atom. The van der Waals surface area contributed by atoms with Gasteiger partial charge in [0.1, 0.15) is 22.7 Å². The van der Waals surface area contributed by atoms with Crippen molar-refractivity contribution in [3.8, 4) is 11.5 Å². The summed E-state index contributed by atoms with van der Waals surface area (Å²) in [4.78, 5) is 37.1. The minimum Gasteiger partial charge on any atom is -0.507 e. The fourth-order valence-corrected chi connectivity index (χ4v) is 5.24. The molecule has 12 heteroatoms. The van der Waals surface area contributed by atoms with E-state index < -0.39 is 33.6 Å². The maximum absolute atomic E-state index is 13.4. The SMILES string of the molecule is O=c1oc2ccccc2c(O)c1C(c1ccc(NC(=S)Nc2ccc([N+](=O)[O-])cc2)cc1)c1c(O)c2ccccc2oc1=O. The molecule has 0 fully saturated rings. The molecule has 44 heavy (non-hydrogen) atoms. The van der Waals surface area contributed by atoms with E-state index in [1.165, 1.54) is 36.4 Å². The van der Waals surface area contributed by atoms with Crippen molar-refractivity contribution in [2.45, 2.75) is 5.92 Å². The first-order valence-corrected chi connectivity index (χ1v) is 13.5. The number of non-ortho nitro benzene ring substituents is 1. The number of hydrogen-bond acceptors (Lipinski definition) is 9. The van der Waals surface area contributed by atoms with Gasteiger partial charge in [-0.1, -0.05) is 36.4 Å². The van der Waals surface area contributed by atoms with Crippen LogP contribution >= 0.6 is 12.2 Å². The highest BCUT2D eigenvalue weighted by Crippen LogP contribution is 2.42. The summed E-state index contributed by atoms with van der Waals surface area (Å²) >= 11 is 5.37. The number of fused-ring (bicyclic) bond motifs is 2. The van der Waals surface area contributed by atoms with Gasteiger partial charge in [-0.05, 0) is 66.3 Å². The molecule has 218 valence electrons. The molecule has 0 atom stereocenters. The van der Waals surface area contributed by atoms with Crippen LogP contribution in [0.2, 0.25) is 0 Å². The minimum absolute atomic E-state index is 0.0578. The lowest BCUT2D eigenvalue weighted by molar-refractivity contribution is -0.384. The number of nitro groups is 1. The molecule has 0 aliphatic heterocycles. The molecule has 0 aliphatic carbocycles. The summed E-state index contributed by atoms with van der Waals surface area (Å²) in [5.74, 6) is -2.08. The van der Waals surface area contributed by atoms with Crippen molar-refractivity contribution in [3.05, 3.63) is 145 Å². The van der Waals surface area contributed by atoms with Gasteiger partial charge in [0.15, 0.2) is 5.11 Å². The molecule has 0 amide bonds. The summed E-state index contributed by atoms with van der Waals surface area (Å²) in [6.07, 6.45) is 0. The van der Waals surface area contributed by atoms with Gasteiger partial charge in [0.05, 0.1) is 32.7 Å². The summed E-state index contributed by atoms with van der Waals surface area (Å²) in [5.41, 5.74) is -0.629. The van der Waals surface area contributed by atoms with Gasteiger partial charge in [0, 0.05) is 23.5 Å². The summed E-state index contributed by atoms with van der Waals surface area (Å²) in [6, 6.07) is 25.0. The molecule has 2 heterocycles. The van der Waals surface area contributed by atoms with Crippen molar-refractivity contribution in [2.75, 3.05) is 10.6 Å². The van der Waals surface area contributed by atoms with Crippen molar-refractivity contribution in [1.82, 2.24) is 0 Å². The lowest BCUT2D eigenvalue weighted by Gasteiger charge is -2.20. The zero-order chi connectivity index (χ0) is 31.0. The number of nitrogens with one attached hydrogen (secondary N) is 2. The summed E-state index contributed by atoms with van der Waals surface area (Å²) in [5, 5.41) is 40.2. The average Bonchev–Trinajstić information content (AvgIpc) is 3.01. The molecular formula is C32H21N3O8S. The van der Waals surface area contributed by atoms with Crippen LogP contribution in [0.3, 0.4) is 0 Å². The lowest BCUT2D eigenvalue weighted by atomic mass is 9.84. The van der Waals surface area contributed by atoms with Gasteiger partial charge >= 0.3 is 11.3 Å². The van der Waals surface area contributed by atoms with Gasteiger partial charge in [-0.15, -0.1) is 0 Å². The van der Waals surface area contributed by atoms with Gasteiger partial charge < -0.3 is 29.7 Å². The standard InChI is InChI=1S/C32H21N3O8S/c36-28-21-5-1-3-7-23(21)42-30(38)26(28)25(27-29(37)22-6-2-4-8-24(22)43-31(27)39)17-9-11-18(12-10-17)33-32(44)34-19-13-15-20(16-14-19)35(40)41/h1-16,25,36-37H,(H2,33,34,44). The molecule has 6 aromatic rings. The number of benzene rings is 4. The van der Waals surface area contributed by atoms with Gasteiger partial charge in [-0.25, -0.2) is 9.59 Å². The Balaban J connectivity index is 1.41. The molecule has 0 aliphatic rings. The third kappa shape index (κ3) is 5.21. The van der Waals surface area contributed by atoms with Crippen molar-refractivity contribution < 1.29 is 24.0 Å². The molecule has 4 aromatic carbocycles. The van der Waals surface area contributed by atoms with E-state index in [2.05, 4.69) is 10.6 Å². The Labute approximate surface area is 252 Å². The van der Waals surface area contributed by atoms with Crippen LogP contribution in [0.15, 0.2) is 115 Å². The molecule has 11 nitrogen and oxygen atoms in total. The first-order valence-electron chi connectivity index (χ1n) is 13.1. The van der Waals surface area contributed by atoms with Gasteiger partial charge in [0.25, 0.3) is 5.69 Å². The third-order valence-corrected chi connectivity index (χ3v) is 7.26. The van der Waals surface area contributed by atoms with E-state index in [-0.39, 0.29) is 43.9 Å². The Morgan fingerprint density at radius 3 is 1.59 bits per heavy atom. The normalized spacial score (nSPS) is 11.1. The second-order valence-electron chi connectivity index (χ2n) is 9.73. The molecule has 0 saturated carbocycles. The molecule has 0 spiro atoms. The third-order valence-electron chi connectivity index (χ3n) is 7.05. The van der Waals surface area contributed by atoms with E-state index in [0.717, 1.165) is 0 Å². The number of para-hydroxylation sites is 2. The van der Waals surface area contributed by atoms with E-state index in [9.17, 15) is 29.9 Å². The zero-order valence-corrected chi connectivity index (χ0v) is 23.3. The second-order valence-corrected chi connectivity index (χ2v) is 10.1. The predicted octanol–water partition coefficient (Wildman–Crippen LogP) is 6.21. The smallest absolute Gasteiger partial charge is 0.344 e. The summed E-state index contributed by atoms with van der Waals surface area (Å²) in [6.45, 7) is 0. The average molecular weight is 608 g/mol. The zero-order valence-electron chi connectivity index (χ0n) is 22.5. The number of aromatic hydroxyl groups is 2. The van der Waals surface area contributed by atoms with E-state index in [0.29, 0.717) is 16.9 Å². The molecule has 0 saturated heterocycles. The van der Waals surface area contributed by atoms with Crippen LogP contribution in [-0.2, 0) is 0 Å². The van der Waals surface area contributed by atoms with E-state index in [4.69, 9.17) is 21.1 Å². The molecule has 2 aromatic heterocycles. The quantitative estimate of drug-likeness (QED) is 0.0735. The molecule has 6 rings (SSSR count). The highest BCUT2D eigenvalue weighted by molar-refractivity contribution is 7.80. The fourth-order valence-electron chi connectivity index (χ4n) is 5.00. The van der Waals surface area contributed by atoms with Gasteiger partial charge in [0.2, 0.25) is 0 Å². The molecule has 4 N–H and O–H groups in total. The second kappa shape index (κ2) is 11.3. The van der Waals surface area contributed by atoms with E-state index in [1.807, 2.05) is 0 Å². The van der Waals surface area contributed by atoms with Crippen molar-refractivity contribution in [3.63, 3.8) is 0 Å². The van der Waals surface area contributed by atoms with Gasteiger partial charge in [-0.3, -0.25) is 10.1 Å². The Kier molecular flexibility index (Phi) is 7.25. The predicted molar refractivity (Wildman–Crippen MR) is 169 cm³/mol. The Hall–Kier alpha value is -6.01. The number of anilines is 2. The maximum Gasteiger partial charge on any atom is 0.344 e. The van der Waals surface area contributed by atoms with Crippen LogP contribution in [-0.4, -0.2) is 20.2 Å². The monoisotopic (exact) mass is 607 g/mol. The van der Waals surface area contributed by atoms with Crippen molar-refractivity contribution >= 4 is 56.3 Å². The number of hydrogen-bond donors (Lipinski definition) is 4. The molecular weight excluding hydrogens is 586 g/mol. The number of thiocarbonyl (C=S) groups is 1. The van der Waals surface area contributed by atoms with Crippen LogP contribution < -0.4 is 21.9 Å². The number of rotatable bonds is 6. The van der Waals surface area contributed by atoms with Crippen LogP contribution in [0, 0.1) is 10.1 Å². The maximum atomic E-state index is 13.4. The molecule has 0 radical (unpaired) electrons. The largest absolute Gasteiger partial charge is 0.507 e. The summed E-state index contributed by atoms with van der Waals surface area (Å²) < 4.78 is 11.0. The molecule has 0 unspecified atom stereocenters. The van der Waals surface area contributed by atoms with Crippen molar-refractivity contribution in [2.24, 2.45) is 0 Å². The fraction of sp³-hybridized carbons (Fsp3) is 0.0312. The highest BCUT2D eigenvalue weighted by atomic mass is 32.1. The Morgan fingerprint density at radius 2 is 1.14 bits per heavy atom. The lowest BCUT2D eigenvalue weighted by Crippen LogP contribution is -2.21. The van der Waals surface area contributed by atoms with Crippen LogP contribution in [0.1, 0.15) is 22.6 Å². The topological polar surface area (TPSA) is 168 Å². The first kappa shape index (κ1) is 28.1. The van der Waals surface area contributed by atoms with Crippen LogP contribution in [0.5, 0.6) is 11.5 Å². The summed E-state index contributed by atoms with van der Waals surface area (Å²) in [7, 11) is 0. The van der Waals surface area contributed by atoms with E-state index >= 15 is 0 Å². The first-order chi connectivity index (χ1) is 21.2. The van der Waals surface area contributed by atoms with E-state index in [1.54, 1.807) is 60.7 Å². The minimum atomic E-state index is -1.28. The van der Waals surface area contributed by atoms with Crippen LogP contribution in [0.4, 0.5) is 17.1 Å². The number of nitrogens with zero attached hydrogens (tertiary/aromatic N) is 1.